The van der Waals surface area contributed by atoms with Crippen LogP contribution in [-0.2, 0) is 9.53 Å². The standard InChI is InChI=1S/C16H24O3/c1-10-4-6-14(11(2)9-17)15-8-12(16(18)19-3)5-7-13(10)15/h8,11,14-15,17H,4-7,9H2,1-3H3. The van der Waals surface area contributed by atoms with Crippen molar-refractivity contribution in [2.24, 2.45) is 17.8 Å². The van der Waals surface area contributed by atoms with Gasteiger partial charge in [-0.15, -0.1) is 0 Å². The maximum Gasteiger partial charge on any atom is 0.333 e. The maximum absolute atomic E-state index is 11.7. The molecule has 0 bridgehead atoms. The fourth-order valence-corrected chi connectivity index (χ4v) is 3.51. The van der Waals surface area contributed by atoms with Crippen LogP contribution in [0.4, 0.5) is 0 Å². The van der Waals surface area contributed by atoms with Gasteiger partial charge in [0.2, 0.25) is 0 Å². The largest absolute Gasteiger partial charge is 0.466 e. The van der Waals surface area contributed by atoms with Crippen LogP contribution in [0.15, 0.2) is 22.8 Å². The van der Waals surface area contributed by atoms with Crippen molar-refractivity contribution >= 4 is 5.97 Å². The summed E-state index contributed by atoms with van der Waals surface area (Å²) < 4.78 is 4.85. The van der Waals surface area contributed by atoms with Gasteiger partial charge in [0.1, 0.15) is 0 Å². The predicted molar refractivity (Wildman–Crippen MR) is 74.5 cm³/mol. The van der Waals surface area contributed by atoms with Crippen LogP contribution in [0.3, 0.4) is 0 Å². The molecule has 3 heteroatoms. The summed E-state index contributed by atoms with van der Waals surface area (Å²) in [4.78, 5) is 11.7. The van der Waals surface area contributed by atoms with E-state index in [2.05, 4.69) is 19.9 Å². The van der Waals surface area contributed by atoms with Crippen LogP contribution in [0, 0.1) is 17.8 Å². The summed E-state index contributed by atoms with van der Waals surface area (Å²) in [6, 6.07) is 0. The van der Waals surface area contributed by atoms with Gasteiger partial charge in [0.15, 0.2) is 0 Å². The minimum atomic E-state index is -0.197. The van der Waals surface area contributed by atoms with Gasteiger partial charge in [-0.3, -0.25) is 0 Å². The second-order valence-corrected chi connectivity index (χ2v) is 5.88. The van der Waals surface area contributed by atoms with E-state index in [1.54, 1.807) is 0 Å². The third-order valence-corrected chi connectivity index (χ3v) is 4.78. The summed E-state index contributed by atoms with van der Waals surface area (Å²) in [6.07, 6.45) is 6.08. The summed E-state index contributed by atoms with van der Waals surface area (Å²) in [6.45, 7) is 4.53. The molecule has 0 heterocycles. The summed E-state index contributed by atoms with van der Waals surface area (Å²) >= 11 is 0. The first-order valence-electron chi connectivity index (χ1n) is 7.16. The topological polar surface area (TPSA) is 46.5 Å². The first-order chi connectivity index (χ1) is 9.08. The molecule has 0 saturated heterocycles. The number of carbonyl (C=O) groups excluding carboxylic acids is 1. The number of hydrogen-bond acceptors (Lipinski definition) is 3. The molecular formula is C16H24O3. The van der Waals surface area contributed by atoms with Gasteiger partial charge < -0.3 is 9.84 Å². The van der Waals surface area contributed by atoms with Gasteiger partial charge in [-0.1, -0.05) is 24.1 Å². The highest BCUT2D eigenvalue weighted by Crippen LogP contribution is 2.44. The SMILES string of the molecule is COC(=O)C1=CC2C(=C(C)CCC2C(C)CO)CC1. The predicted octanol–water partition coefficient (Wildman–Crippen LogP) is 2.85. The highest BCUT2D eigenvalue weighted by molar-refractivity contribution is 5.88. The molecule has 106 valence electrons. The summed E-state index contributed by atoms with van der Waals surface area (Å²) in [5.41, 5.74) is 3.77. The summed E-state index contributed by atoms with van der Waals surface area (Å²) in [5.74, 6) is 0.849. The molecule has 0 aliphatic heterocycles. The normalized spacial score (nSPS) is 28.5. The molecule has 0 aromatic heterocycles. The number of rotatable bonds is 3. The highest BCUT2D eigenvalue weighted by Gasteiger charge is 2.35. The Hall–Kier alpha value is -1.09. The molecule has 2 rings (SSSR count). The Morgan fingerprint density at radius 3 is 2.84 bits per heavy atom. The molecule has 0 radical (unpaired) electrons. The van der Waals surface area contributed by atoms with Crippen molar-refractivity contribution in [1.29, 1.82) is 0 Å². The molecule has 19 heavy (non-hydrogen) atoms. The van der Waals surface area contributed by atoms with Gasteiger partial charge in [0, 0.05) is 18.1 Å². The van der Waals surface area contributed by atoms with Crippen molar-refractivity contribution in [2.45, 2.75) is 39.5 Å². The molecule has 3 atom stereocenters. The number of aliphatic hydroxyl groups is 1. The van der Waals surface area contributed by atoms with Gasteiger partial charge in [-0.2, -0.15) is 0 Å². The fourth-order valence-electron chi connectivity index (χ4n) is 3.51. The van der Waals surface area contributed by atoms with Gasteiger partial charge in [0.05, 0.1) is 7.11 Å². The zero-order chi connectivity index (χ0) is 14.0. The second kappa shape index (κ2) is 5.91. The Morgan fingerprint density at radius 2 is 2.21 bits per heavy atom. The van der Waals surface area contributed by atoms with Crippen molar-refractivity contribution in [2.75, 3.05) is 13.7 Å². The average Bonchev–Trinajstić information content (AvgIpc) is 2.45. The molecular weight excluding hydrogens is 240 g/mol. The van der Waals surface area contributed by atoms with E-state index in [4.69, 9.17) is 4.74 Å². The maximum atomic E-state index is 11.7. The lowest BCUT2D eigenvalue weighted by Crippen LogP contribution is -2.31. The molecule has 0 aromatic carbocycles. The molecule has 0 fully saturated rings. The Bertz CT molecular complexity index is 420. The van der Waals surface area contributed by atoms with Crippen LogP contribution in [0.25, 0.3) is 0 Å². The molecule has 0 spiro atoms. The van der Waals surface area contributed by atoms with E-state index in [1.165, 1.54) is 18.3 Å². The van der Waals surface area contributed by atoms with Gasteiger partial charge in [0.25, 0.3) is 0 Å². The number of aliphatic hydroxyl groups excluding tert-OH is 1. The van der Waals surface area contributed by atoms with Crippen molar-refractivity contribution < 1.29 is 14.6 Å². The monoisotopic (exact) mass is 264 g/mol. The molecule has 0 aromatic rings. The van der Waals surface area contributed by atoms with E-state index < -0.39 is 0 Å². The Morgan fingerprint density at radius 1 is 1.47 bits per heavy atom. The van der Waals surface area contributed by atoms with Crippen molar-refractivity contribution in [3.63, 3.8) is 0 Å². The molecule has 0 amide bonds. The number of fused-ring (bicyclic) bond motifs is 1. The van der Waals surface area contributed by atoms with Gasteiger partial charge in [-0.05, 0) is 44.4 Å². The van der Waals surface area contributed by atoms with E-state index >= 15 is 0 Å². The van der Waals surface area contributed by atoms with Crippen LogP contribution in [0.2, 0.25) is 0 Å². The molecule has 2 aliphatic rings. The molecule has 3 unspecified atom stereocenters. The van der Waals surface area contributed by atoms with E-state index in [-0.39, 0.29) is 18.5 Å². The second-order valence-electron chi connectivity index (χ2n) is 5.88. The lowest BCUT2D eigenvalue weighted by atomic mass is 9.66. The Labute approximate surface area is 115 Å². The highest BCUT2D eigenvalue weighted by atomic mass is 16.5. The van der Waals surface area contributed by atoms with Crippen molar-refractivity contribution in [3.8, 4) is 0 Å². The van der Waals surface area contributed by atoms with Gasteiger partial charge in [-0.25, -0.2) is 4.79 Å². The van der Waals surface area contributed by atoms with E-state index in [0.717, 1.165) is 31.3 Å². The minimum Gasteiger partial charge on any atom is -0.466 e. The fraction of sp³-hybridized carbons (Fsp3) is 0.688. The van der Waals surface area contributed by atoms with Crippen LogP contribution in [0.5, 0.6) is 0 Å². The Kier molecular flexibility index (Phi) is 4.46. The number of allylic oxidation sites excluding steroid dienone is 3. The first kappa shape index (κ1) is 14.3. The zero-order valence-electron chi connectivity index (χ0n) is 12.1. The number of carbonyl (C=O) groups is 1. The van der Waals surface area contributed by atoms with Crippen LogP contribution in [0.1, 0.15) is 39.5 Å². The minimum absolute atomic E-state index is 0.197. The first-order valence-corrected chi connectivity index (χ1v) is 7.16. The van der Waals surface area contributed by atoms with Crippen LogP contribution >= 0.6 is 0 Å². The van der Waals surface area contributed by atoms with Crippen LogP contribution < -0.4 is 0 Å². The molecule has 1 N–H and O–H groups in total. The third kappa shape index (κ3) is 2.76. The smallest absolute Gasteiger partial charge is 0.333 e. The van der Waals surface area contributed by atoms with E-state index in [9.17, 15) is 9.90 Å². The van der Waals surface area contributed by atoms with E-state index in [0.29, 0.717) is 11.8 Å². The Balaban J connectivity index is 2.32. The number of hydrogen-bond donors (Lipinski definition) is 1. The lowest BCUT2D eigenvalue weighted by Gasteiger charge is -2.39. The average molecular weight is 264 g/mol. The quantitative estimate of drug-likeness (QED) is 0.630. The number of ether oxygens (including phenoxy) is 1. The van der Waals surface area contributed by atoms with Crippen molar-refractivity contribution in [3.05, 3.63) is 22.8 Å². The summed E-state index contributed by atoms with van der Waals surface area (Å²) in [7, 11) is 1.44. The third-order valence-electron chi connectivity index (χ3n) is 4.78. The zero-order valence-corrected chi connectivity index (χ0v) is 12.1. The molecule has 2 aliphatic carbocycles. The summed E-state index contributed by atoms with van der Waals surface area (Å²) in [5, 5.41) is 9.44. The van der Waals surface area contributed by atoms with Gasteiger partial charge >= 0.3 is 5.97 Å². The van der Waals surface area contributed by atoms with E-state index in [1.807, 2.05) is 0 Å². The number of methoxy groups -OCH3 is 1. The lowest BCUT2D eigenvalue weighted by molar-refractivity contribution is -0.136. The van der Waals surface area contributed by atoms with Crippen molar-refractivity contribution in [1.82, 2.24) is 0 Å². The molecule has 3 nitrogen and oxygen atoms in total. The van der Waals surface area contributed by atoms with Crippen LogP contribution in [-0.4, -0.2) is 24.8 Å². The molecule has 0 saturated carbocycles. The number of esters is 1.